The van der Waals surface area contributed by atoms with E-state index in [2.05, 4.69) is 20.8 Å². The second kappa shape index (κ2) is 4.26. The lowest BCUT2D eigenvalue weighted by atomic mass is 9.89. The molecule has 1 saturated carbocycles. The molecule has 0 radical (unpaired) electrons. The molecule has 0 N–H and O–H groups in total. The van der Waals surface area contributed by atoms with Crippen molar-refractivity contribution in [2.24, 2.45) is 23.7 Å². The lowest BCUT2D eigenvalue weighted by Gasteiger charge is -2.15. The Kier molecular flexibility index (Phi) is 3.52. The SMILES string of the molecule is CC(=O)C(CC(C)C)CC1CC1C. The van der Waals surface area contributed by atoms with E-state index in [1.807, 2.05) is 0 Å². The minimum atomic E-state index is 0.343. The Labute approximate surface area is 81.9 Å². The van der Waals surface area contributed by atoms with Crippen LogP contribution in [-0.4, -0.2) is 5.78 Å². The molecule has 76 valence electrons. The quantitative estimate of drug-likeness (QED) is 0.637. The molecule has 0 aliphatic heterocycles. The summed E-state index contributed by atoms with van der Waals surface area (Å²) in [7, 11) is 0. The zero-order valence-electron chi connectivity index (χ0n) is 9.34. The fourth-order valence-electron chi connectivity index (χ4n) is 2.09. The number of hydrogen-bond acceptors (Lipinski definition) is 1. The predicted molar refractivity (Wildman–Crippen MR) is 55.5 cm³/mol. The fourth-order valence-corrected chi connectivity index (χ4v) is 2.09. The van der Waals surface area contributed by atoms with E-state index < -0.39 is 0 Å². The molecule has 0 aromatic carbocycles. The Morgan fingerprint density at radius 3 is 2.31 bits per heavy atom. The van der Waals surface area contributed by atoms with E-state index in [0.717, 1.165) is 24.7 Å². The first-order valence-corrected chi connectivity index (χ1v) is 5.51. The molecule has 0 saturated heterocycles. The smallest absolute Gasteiger partial charge is 0.132 e. The summed E-state index contributed by atoms with van der Waals surface area (Å²) < 4.78 is 0. The highest BCUT2D eigenvalue weighted by Gasteiger charge is 2.35. The van der Waals surface area contributed by atoms with Gasteiger partial charge in [0.15, 0.2) is 0 Å². The van der Waals surface area contributed by atoms with Gasteiger partial charge in [-0.3, -0.25) is 4.79 Å². The lowest BCUT2D eigenvalue weighted by molar-refractivity contribution is -0.121. The van der Waals surface area contributed by atoms with Crippen LogP contribution < -0.4 is 0 Å². The first-order chi connectivity index (χ1) is 6.00. The van der Waals surface area contributed by atoms with Crippen LogP contribution in [0.3, 0.4) is 0 Å². The van der Waals surface area contributed by atoms with Gasteiger partial charge < -0.3 is 0 Å². The van der Waals surface area contributed by atoms with Gasteiger partial charge in [0.1, 0.15) is 5.78 Å². The fraction of sp³-hybridized carbons (Fsp3) is 0.917. The Morgan fingerprint density at radius 2 is 2.00 bits per heavy atom. The van der Waals surface area contributed by atoms with Crippen LogP contribution in [0.2, 0.25) is 0 Å². The molecule has 0 bridgehead atoms. The maximum Gasteiger partial charge on any atom is 0.132 e. The van der Waals surface area contributed by atoms with Gasteiger partial charge in [-0.05, 0) is 43.9 Å². The van der Waals surface area contributed by atoms with E-state index >= 15 is 0 Å². The van der Waals surface area contributed by atoms with Gasteiger partial charge in [0, 0.05) is 5.92 Å². The van der Waals surface area contributed by atoms with Gasteiger partial charge in [-0.1, -0.05) is 20.8 Å². The summed E-state index contributed by atoms with van der Waals surface area (Å²) in [5, 5.41) is 0. The maximum atomic E-state index is 11.3. The van der Waals surface area contributed by atoms with Crippen molar-refractivity contribution in [2.75, 3.05) is 0 Å². The van der Waals surface area contributed by atoms with Crippen LogP contribution >= 0.6 is 0 Å². The van der Waals surface area contributed by atoms with Crippen LogP contribution in [0.25, 0.3) is 0 Å². The van der Waals surface area contributed by atoms with Crippen molar-refractivity contribution in [3.63, 3.8) is 0 Å². The Bertz CT molecular complexity index is 184. The number of hydrogen-bond donors (Lipinski definition) is 0. The first-order valence-electron chi connectivity index (χ1n) is 5.51. The maximum absolute atomic E-state index is 11.3. The highest BCUT2D eigenvalue weighted by Crippen LogP contribution is 2.43. The summed E-state index contributed by atoms with van der Waals surface area (Å²) in [5.41, 5.74) is 0. The third kappa shape index (κ3) is 3.50. The van der Waals surface area contributed by atoms with Gasteiger partial charge in [-0.15, -0.1) is 0 Å². The molecule has 1 heteroatoms. The highest BCUT2D eigenvalue weighted by atomic mass is 16.1. The topological polar surface area (TPSA) is 17.1 Å². The third-order valence-electron chi connectivity index (χ3n) is 3.19. The van der Waals surface area contributed by atoms with E-state index in [1.165, 1.54) is 6.42 Å². The number of ketones is 1. The van der Waals surface area contributed by atoms with Gasteiger partial charge in [0.2, 0.25) is 0 Å². The van der Waals surface area contributed by atoms with E-state index in [-0.39, 0.29) is 0 Å². The minimum Gasteiger partial charge on any atom is -0.300 e. The molecule has 3 atom stereocenters. The Morgan fingerprint density at radius 1 is 1.46 bits per heavy atom. The van der Waals surface area contributed by atoms with Crippen molar-refractivity contribution in [3.8, 4) is 0 Å². The predicted octanol–water partition coefficient (Wildman–Crippen LogP) is 3.28. The van der Waals surface area contributed by atoms with E-state index in [1.54, 1.807) is 6.92 Å². The first kappa shape index (κ1) is 10.7. The van der Waals surface area contributed by atoms with Crippen LogP contribution in [0.5, 0.6) is 0 Å². The number of carbonyl (C=O) groups is 1. The molecule has 1 nitrogen and oxygen atoms in total. The van der Waals surface area contributed by atoms with Gasteiger partial charge in [-0.25, -0.2) is 0 Å². The minimum absolute atomic E-state index is 0.343. The van der Waals surface area contributed by atoms with Crippen molar-refractivity contribution in [3.05, 3.63) is 0 Å². The lowest BCUT2D eigenvalue weighted by Crippen LogP contribution is -2.14. The Hall–Kier alpha value is -0.330. The normalized spacial score (nSPS) is 29.0. The second-order valence-corrected chi connectivity index (χ2v) is 5.15. The molecule has 13 heavy (non-hydrogen) atoms. The summed E-state index contributed by atoms with van der Waals surface area (Å²) in [4.78, 5) is 11.3. The van der Waals surface area contributed by atoms with Crippen LogP contribution in [0, 0.1) is 23.7 Å². The summed E-state index contributed by atoms with van der Waals surface area (Å²) in [6.07, 6.45) is 3.58. The van der Waals surface area contributed by atoms with Crippen LogP contribution in [-0.2, 0) is 4.79 Å². The van der Waals surface area contributed by atoms with E-state index in [9.17, 15) is 4.79 Å². The van der Waals surface area contributed by atoms with E-state index in [0.29, 0.717) is 17.6 Å². The number of Topliss-reactive ketones (excluding diaryl/α,β-unsaturated/α-hetero) is 1. The van der Waals surface area contributed by atoms with Crippen molar-refractivity contribution < 1.29 is 4.79 Å². The summed E-state index contributed by atoms with van der Waals surface area (Å²) in [6, 6.07) is 0. The summed E-state index contributed by atoms with van der Waals surface area (Å²) >= 11 is 0. The molecule has 0 aromatic heterocycles. The van der Waals surface area contributed by atoms with Crippen LogP contribution in [0.1, 0.15) is 47.0 Å². The molecule has 1 aliphatic carbocycles. The zero-order valence-corrected chi connectivity index (χ0v) is 9.34. The van der Waals surface area contributed by atoms with E-state index in [4.69, 9.17) is 0 Å². The van der Waals surface area contributed by atoms with Crippen LogP contribution in [0.4, 0.5) is 0 Å². The van der Waals surface area contributed by atoms with Crippen molar-refractivity contribution in [2.45, 2.75) is 47.0 Å². The Balaban J connectivity index is 2.34. The van der Waals surface area contributed by atoms with Crippen molar-refractivity contribution in [1.82, 2.24) is 0 Å². The van der Waals surface area contributed by atoms with Gasteiger partial charge in [0.25, 0.3) is 0 Å². The zero-order chi connectivity index (χ0) is 10.0. The largest absolute Gasteiger partial charge is 0.300 e. The van der Waals surface area contributed by atoms with Gasteiger partial charge >= 0.3 is 0 Å². The van der Waals surface area contributed by atoms with Gasteiger partial charge in [0.05, 0.1) is 0 Å². The molecule has 1 rings (SSSR count). The van der Waals surface area contributed by atoms with Gasteiger partial charge in [-0.2, -0.15) is 0 Å². The molecule has 3 unspecified atom stereocenters. The van der Waals surface area contributed by atoms with Crippen LogP contribution in [0.15, 0.2) is 0 Å². The summed E-state index contributed by atoms with van der Waals surface area (Å²) in [6.45, 7) is 8.44. The molecule has 1 fully saturated rings. The molecule has 0 heterocycles. The molecule has 0 aromatic rings. The van der Waals surface area contributed by atoms with Crippen molar-refractivity contribution >= 4 is 5.78 Å². The molecule has 0 amide bonds. The molecular formula is C12H22O. The summed E-state index contributed by atoms with van der Waals surface area (Å²) in [5.74, 6) is 3.13. The average Bonchev–Trinajstić information content (AvgIpc) is 2.64. The molecular weight excluding hydrogens is 160 g/mol. The number of carbonyl (C=O) groups excluding carboxylic acids is 1. The standard InChI is InChI=1S/C12H22O/c1-8(2)5-12(10(4)13)7-11-6-9(11)3/h8-9,11-12H,5-7H2,1-4H3. The number of rotatable bonds is 5. The molecule has 0 spiro atoms. The third-order valence-corrected chi connectivity index (χ3v) is 3.19. The van der Waals surface area contributed by atoms with Crippen molar-refractivity contribution in [1.29, 1.82) is 0 Å². The average molecular weight is 182 g/mol. The second-order valence-electron chi connectivity index (χ2n) is 5.15. The monoisotopic (exact) mass is 182 g/mol. The highest BCUT2D eigenvalue weighted by molar-refractivity contribution is 5.78. The molecule has 1 aliphatic rings.